The van der Waals surface area contributed by atoms with E-state index in [-0.39, 0.29) is 28.5 Å². The maximum absolute atomic E-state index is 14.3. The number of rotatable bonds is 7. The number of carbonyl (C=O) groups excluding carboxylic acids is 1. The molecule has 0 unspecified atom stereocenters. The minimum Gasteiger partial charge on any atom is -0.495 e. The number of para-hydroxylation sites is 2. The van der Waals surface area contributed by atoms with Gasteiger partial charge in [-0.3, -0.25) is 14.8 Å². The lowest BCUT2D eigenvalue weighted by Gasteiger charge is -2.13. The SMILES string of the molecule is COc1ccccc1NS(=O)(=O)c1cc(NC(=O)Nc2ccc([N+](=O)[O-])cc2)ccc1F. The summed E-state index contributed by atoms with van der Waals surface area (Å²) < 4.78 is 47.1. The lowest BCUT2D eigenvalue weighted by Crippen LogP contribution is -2.20. The zero-order chi connectivity index (χ0) is 23.3. The largest absolute Gasteiger partial charge is 0.495 e. The van der Waals surface area contributed by atoms with Crippen molar-refractivity contribution in [1.82, 2.24) is 0 Å². The maximum atomic E-state index is 14.3. The molecule has 0 heterocycles. The molecule has 10 nitrogen and oxygen atoms in total. The van der Waals surface area contributed by atoms with Gasteiger partial charge < -0.3 is 15.4 Å². The van der Waals surface area contributed by atoms with Gasteiger partial charge in [-0.05, 0) is 42.5 Å². The molecule has 3 aromatic carbocycles. The maximum Gasteiger partial charge on any atom is 0.323 e. The van der Waals surface area contributed by atoms with Gasteiger partial charge in [0.1, 0.15) is 16.5 Å². The molecule has 0 aliphatic rings. The van der Waals surface area contributed by atoms with Crippen LogP contribution in [0.3, 0.4) is 0 Å². The Morgan fingerprint density at radius 2 is 1.62 bits per heavy atom. The van der Waals surface area contributed by atoms with Gasteiger partial charge in [0.05, 0.1) is 17.7 Å². The number of methoxy groups -OCH3 is 1. The first-order valence-corrected chi connectivity index (χ1v) is 10.5. The van der Waals surface area contributed by atoms with Crippen LogP contribution in [0.25, 0.3) is 0 Å². The Balaban J connectivity index is 1.77. The first kappa shape index (κ1) is 22.5. The number of hydrogen-bond acceptors (Lipinski definition) is 6. The summed E-state index contributed by atoms with van der Waals surface area (Å²) in [6.45, 7) is 0. The number of hydrogen-bond donors (Lipinski definition) is 3. The Hall–Kier alpha value is -4.19. The lowest BCUT2D eigenvalue weighted by molar-refractivity contribution is -0.384. The first-order chi connectivity index (χ1) is 15.2. The van der Waals surface area contributed by atoms with Crippen molar-refractivity contribution in [2.45, 2.75) is 4.90 Å². The van der Waals surface area contributed by atoms with E-state index in [0.29, 0.717) is 0 Å². The third kappa shape index (κ3) is 5.29. The quantitative estimate of drug-likeness (QED) is 0.357. The van der Waals surface area contributed by atoms with Crippen molar-refractivity contribution in [2.75, 3.05) is 22.5 Å². The zero-order valence-corrected chi connectivity index (χ0v) is 17.4. The van der Waals surface area contributed by atoms with E-state index in [1.807, 2.05) is 0 Å². The fourth-order valence-electron chi connectivity index (χ4n) is 2.68. The number of nitrogens with one attached hydrogen (secondary N) is 3. The number of non-ortho nitro benzene ring substituents is 1. The number of urea groups is 1. The van der Waals surface area contributed by atoms with Crippen LogP contribution >= 0.6 is 0 Å². The van der Waals surface area contributed by atoms with Crippen LogP contribution in [0.5, 0.6) is 5.75 Å². The summed E-state index contributed by atoms with van der Waals surface area (Å²) in [6.07, 6.45) is 0. The molecule has 3 N–H and O–H groups in total. The van der Waals surface area contributed by atoms with Crippen LogP contribution < -0.4 is 20.1 Å². The predicted molar refractivity (Wildman–Crippen MR) is 116 cm³/mol. The van der Waals surface area contributed by atoms with Crippen LogP contribution in [0.2, 0.25) is 0 Å². The Morgan fingerprint density at radius 1 is 1.00 bits per heavy atom. The summed E-state index contributed by atoms with van der Waals surface area (Å²) in [7, 11) is -2.98. The molecule has 2 amide bonds. The van der Waals surface area contributed by atoms with E-state index in [1.165, 1.54) is 49.6 Å². The van der Waals surface area contributed by atoms with Gasteiger partial charge in [0, 0.05) is 23.5 Å². The molecule has 32 heavy (non-hydrogen) atoms. The van der Waals surface area contributed by atoms with Gasteiger partial charge in [-0.25, -0.2) is 17.6 Å². The molecule has 166 valence electrons. The predicted octanol–water partition coefficient (Wildman–Crippen LogP) is 4.19. The van der Waals surface area contributed by atoms with Crippen molar-refractivity contribution in [2.24, 2.45) is 0 Å². The molecule has 0 radical (unpaired) electrons. The van der Waals surface area contributed by atoms with E-state index in [0.717, 1.165) is 12.1 Å². The summed E-state index contributed by atoms with van der Waals surface area (Å²) in [5, 5.41) is 15.5. The number of ether oxygens (including phenoxy) is 1. The molecule has 0 saturated carbocycles. The van der Waals surface area contributed by atoms with Crippen molar-refractivity contribution in [1.29, 1.82) is 0 Å². The number of nitrogens with zero attached hydrogens (tertiary/aromatic N) is 1. The van der Waals surface area contributed by atoms with Gasteiger partial charge in [-0.15, -0.1) is 0 Å². The van der Waals surface area contributed by atoms with Crippen LogP contribution in [-0.2, 0) is 10.0 Å². The zero-order valence-electron chi connectivity index (χ0n) is 16.5. The molecule has 12 heteroatoms. The highest BCUT2D eigenvalue weighted by Crippen LogP contribution is 2.28. The number of carbonyl (C=O) groups is 1. The molecule has 0 atom stereocenters. The van der Waals surface area contributed by atoms with E-state index in [2.05, 4.69) is 15.4 Å². The van der Waals surface area contributed by atoms with Crippen molar-refractivity contribution in [3.05, 3.63) is 82.7 Å². The van der Waals surface area contributed by atoms with E-state index in [1.54, 1.807) is 12.1 Å². The molecule has 0 spiro atoms. The average molecular weight is 460 g/mol. The topological polar surface area (TPSA) is 140 Å². The second kappa shape index (κ2) is 9.31. The van der Waals surface area contributed by atoms with Crippen molar-refractivity contribution in [3.8, 4) is 5.75 Å². The molecule has 3 rings (SSSR count). The average Bonchev–Trinajstić information content (AvgIpc) is 2.75. The third-order valence-corrected chi connectivity index (χ3v) is 5.55. The summed E-state index contributed by atoms with van der Waals surface area (Å²) in [4.78, 5) is 21.6. The minimum absolute atomic E-state index is 0.00575. The second-order valence-corrected chi connectivity index (χ2v) is 7.98. The number of sulfonamides is 1. The smallest absolute Gasteiger partial charge is 0.323 e. The van der Waals surface area contributed by atoms with Gasteiger partial charge in [-0.1, -0.05) is 12.1 Å². The minimum atomic E-state index is -4.35. The number of nitro groups is 1. The summed E-state index contributed by atoms with van der Waals surface area (Å²) >= 11 is 0. The molecule has 0 fully saturated rings. The number of halogens is 1. The van der Waals surface area contributed by atoms with Gasteiger partial charge in [0.15, 0.2) is 0 Å². The van der Waals surface area contributed by atoms with Crippen LogP contribution in [0, 0.1) is 15.9 Å². The van der Waals surface area contributed by atoms with E-state index >= 15 is 0 Å². The third-order valence-electron chi connectivity index (χ3n) is 4.17. The number of benzene rings is 3. The van der Waals surface area contributed by atoms with Gasteiger partial charge in [0.2, 0.25) is 0 Å². The highest BCUT2D eigenvalue weighted by atomic mass is 32.2. The molecule has 0 aliphatic carbocycles. The van der Waals surface area contributed by atoms with Crippen molar-refractivity contribution >= 4 is 38.8 Å². The molecule has 0 aromatic heterocycles. The summed E-state index contributed by atoms with van der Waals surface area (Å²) in [6, 6.07) is 13.6. The van der Waals surface area contributed by atoms with E-state index in [4.69, 9.17) is 4.74 Å². The Labute approximate surface area is 182 Å². The molecule has 0 saturated heterocycles. The highest BCUT2D eigenvalue weighted by molar-refractivity contribution is 7.92. The molecule has 0 bridgehead atoms. The van der Waals surface area contributed by atoms with Crippen LogP contribution in [0.15, 0.2) is 71.6 Å². The van der Waals surface area contributed by atoms with Crippen LogP contribution in [0.1, 0.15) is 0 Å². The second-order valence-electron chi connectivity index (χ2n) is 6.33. The Morgan fingerprint density at radius 3 is 2.28 bits per heavy atom. The molecular weight excluding hydrogens is 443 g/mol. The summed E-state index contributed by atoms with van der Waals surface area (Å²) in [5.41, 5.74) is 0.239. The van der Waals surface area contributed by atoms with Crippen LogP contribution in [0.4, 0.5) is 31.9 Å². The van der Waals surface area contributed by atoms with E-state index in [9.17, 15) is 27.7 Å². The number of nitro benzene ring substituents is 1. The number of amides is 2. The van der Waals surface area contributed by atoms with Crippen LogP contribution in [-0.4, -0.2) is 26.5 Å². The Kier molecular flexibility index (Phi) is 6.54. The van der Waals surface area contributed by atoms with Crippen molar-refractivity contribution in [3.63, 3.8) is 0 Å². The molecular formula is C20H17FN4O6S. The molecule has 0 aliphatic heterocycles. The highest BCUT2D eigenvalue weighted by Gasteiger charge is 2.22. The van der Waals surface area contributed by atoms with E-state index < -0.39 is 31.7 Å². The normalized spacial score (nSPS) is 10.8. The fourth-order valence-corrected chi connectivity index (χ4v) is 3.85. The summed E-state index contributed by atoms with van der Waals surface area (Å²) in [5.74, 6) is -0.776. The Bertz CT molecular complexity index is 1270. The van der Waals surface area contributed by atoms with Gasteiger partial charge >= 0.3 is 6.03 Å². The van der Waals surface area contributed by atoms with Gasteiger partial charge in [0.25, 0.3) is 15.7 Å². The standard InChI is InChI=1S/C20H17FN4O6S/c1-31-18-5-3-2-4-17(18)24-32(29,30)19-12-14(8-11-16(19)21)23-20(26)22-13-6-9-15(10-7-13)25(27)28/h2-12,24H,1H3,(H2,22,23,26). The number of anilines is 3. The molecule has 3 aromatic rings. The van der Waals surface area contributed by atoms with Crippen molar-refractivity contribution < 1.29 is 27.3 Å². The van der Waals surface area contributed by atoms with Gasteiger partial charge in [-0.2, -0.15) is 0 Å². The lowest BCUT2D eigenvalue weighted by atomic mass is 10.3. The fraction of sp³-hybridized carbons (Fsp3) is 0.0500. The monoisotopic (exact) mass is 460 g/mol. The first-order valence-electron chi connectivity index (χ1n) is 8.97.